The minimum Gasteiger partial charge on any atom is -0.505 e. The van der Waals surface area contributed by atoms with E-state index in [1.807, 2.05) is 13.8 Å². The summed E-state index contributed by atoms with van der Waals surface area (Å²) < 4.78 is 0. The maximum Gasteiger partial charge on any atom is 0.257 e. The summed E-state index contributed by atoms with van der Waals surface area (Å²) in [5, 5.41) is 16.1. The van der Waals surface area contributed by atoms with Crippen molar-refractivity contribution in [2.24, 2.45) is 0 Å². The Hall–Kier alpha value is -3.09. The van der Waals surface area contributed by atoms with Gasteiger partial charge in [-0.25, -0.2) is 0 Å². The van der Waals surface area contributed by atoms with Crippen molar-refractivity contribution in [3.05, 3.63) is 56.4 Å². The van der Waals surface area contributed by atoms with E-state index in [4.69, 9.17) is 0 Å². The number of nitrogens with zero attached hydrogens (tertiary/aromatic N) is 1. The highest BCUT2D eigenvalue weighted by atomic mass is 16.3. The van der Waals surface area contributed by atoms with Crippen LogP contribution in [-0.2, 0) is 0 Å². The molecule has 0 aromatic heterocycles. The molecule has 0 aliphatic rings. The molecule has 2 rings (SSSR count). The van der Waals surface area contributed by atoms with Crippen molar-refractivity contribution in [3.8, 4) is 5.75 Å². The van der Waals surface area contributed by atoms with Gasteiger partial charge in [-0.05, 0) is 32.4 Å². The number of phenols is 1. The Bertz CT molecular complexity index is 923. The lowest BCUT2D eigenvalue weighted by Crippen LogP contribution is -2.38. The molecular formula is C19H23N3O4. The second kappa shape index (κ2) is 7.43. The number of rotatable bonds is 7. The molecule has 2 aromatic carbocycles. The Morgan fingerprint density at radius 2 is 1.85 bits per heavy atom. The molecule has 26 heavy (non-hydrogen) atoms. The largest absolute Gasteiger partial charge is 0.505 e. The SMILES string of the molecule is C=C(C)CC(C)Nc1c(Nc2cccc(C(=O)N(C)C)c2O)c(=O)c1=O. The van der Waals surface area contributed by atoms with Gasteiger partial charge in [0.05, 0.1) is 11.3 Å². The number of hydrogen-bond acceptors (Lipinski definition) is 6. The van der Waals surface area contributed by atoms with Crippen LogP contribution in [0.25, 0.3) is 0 Å². The summed E-state index contributed by atoms with van der Waals surface area (Å²) in [6.07, 6.45) is 0.649. The fraction of sp³-hybridized carbons (Fsp3) is 0.316. The third-order valence-electron chi connectivity index (χ3n) is 3.89. The number of carbonyl (C=O) groups is 1. The number of aromatic hydroxyl groups is 1. The molecular weight excluding hydrogens is 334 g/mol. The molecule has 0 fully saturated rings. The van der Waals surface area contributed by atoms with E-state index in [0.717, 1.165) is 5.57 Å². The highest BCUT2D eigenvalue weighted by molar-refractivity contribution is 5.99. The predicted octanol–water partition coefficient (Wildman–Crippen LogP) is 2.20. The molecule has 0 bridgehead atoms. The van der Waals surface area contributed by atoms with Crippen molar-refractivity contribution in [2.45, 2.75) is 26.3 Å². The Kier molecular flexibility index (Phi) is 5.50. The molecule has 1 unspecified atom stereocenters. The van der Waals surface area contributed by atoms with Crippen molar-refractivity contribution in [1.82, 2.24) is 4.90 Å². The standard InChI is InChI=1S/C19H23N3O4/c1-10(2)9-11(3)20-14-15(18(25)17(14)24)21-13-8-6-7-12(16(13)23)19(26)22(4)5/h6-8,11,20-21,23H,1,9H2,2-5H3. The van der Waals surface area contributed by atoms with Gasteiger partial charge in [-0.1, -0.05) is 11.6 Å². The Morgan fingerprint density at radius 1 is 1.23 bits per heavy atom. The lowest BCUT2D eigenvalue weighted by atomic mass is 10.1. The number of anilines is 3. The lowest BCUT2D eigenvalue weighted by Gasteiger charge is -2.20. The number of nitrogens with one attached hydrogen (secondary N) is 2. The summed E-state index contributed by atoms with van der Waals surface area (Å²) in [5.41, 5.74) is 0.204. The Balaban J connectivity index is 2.31. The first-order valence-electron chi connectivity index (χ1n) is 8.18. The molecule has 7 nitrogen and oxygen atoms in total. The highest BCUT2D eigenvalue weighted by Crippen LogP contribution is 2.32. The molecule has 0 aliphatic carbocycles. The minimum atomic E-state index is -0.668. The minimum absolute atomic E-state index is 0.0771. The van der Waals surface area contributed by atoms with Crippen molar-refractivity contribution < 1.29 is 9.90 Å². The molecule has 0 radical (unpaired) electrons. The van der Waals surface area contributed by atoms with Crippen LogP contribution in [0.3, 0.4) is 0 Å². The monoisotopic (exact) mass is 357 g/mol. The third kappa shape index (κ3) is 3.77. The second-order valence-electron chi connectivity index (χ2n) is 6.64. The summed E-state index contributed by atoms with van der Waals surface area (Å²) in [5.74, 6) is -0.648. The van der Waals surface area contributed by atoms with Crippen molar-refractivity contribution in [3.63, 3.8) is 0 Å². The van der Waals surface area contributed by atoms with Crippen molar-refractivity contribution >= 4 is 23.0 Å². The molecule has 1 amide bonds. The summed E-state index contributed by atoms with van der Waals surface area (Å²) >= 11 is 0. The number of carbonyl (C=O) groups excluding carboxylic acids is 1. The summed E-state index contributed by atoms with van der Waals surface area (Å²) in [6.45, 7) is 7.58. The maximum absolute atomic E-state index is 12.1. The van der Waals surface area contributed by atoms with Crippen LogP contribution in [0.1, 0.15) is 30.6 Å². The first kappa shape index (κ1) is 19.2. The third-order valence-corrected chi connectivity index (χ3v) is 3.89. The van der Waals surface area contributed by atoms with E-state index in [9.17, 15) is 19.5 Å². The van der Waals surface area contributed by atoms with Crippen molar-refractivity contribution in [2.75, 3.05) is 24.7 Å². The molecule has 0 aliphatic heterocycles. The molecule has 0 spiro atoms. The fourth-order valence-corrected chi connectivity index (χ4v) is 2.66. The van der Waals surface area contributed by atoms with Crippen LogP contribution in [0.5, 0.6) is 5.75 Å². The topological polar surface area (TPSA) is 98.7 Å². The van der Waals surface area contributed by atoms with Crippen LogP contribution in [0.15, 0.2) is 39.9 Å². The van der Waals surface area contributed by atoms with Crippen LogP contribution in [-0.4, -0.2) is 36.1 Å². The molecule has 0 heterocycles. The first-order chi connectivity index (χ1) is 12.1. The maximum atomic E-state index is 12.1. The zero-order valence-corrected chi connectivity index (χ0v) is 15.3. The molecule has 0 saturated heterocycles. The molecule has 0 saturated carbocycles. The van der Waals surface area contributed by atoms with Gasteiger partial charge < -0.3 is 20.6 Å². The van der Waals surface area contributed by atoms with Gasteiger partial charge in [-0.3, -0.25) is 14.4 Å². The quantitative estimate of drug-likeness (QED) is 0.399. The van der Waals surface area contributed by atoms with Crippen molar-refractivity contribution in [1.29, 1.82) is 0 Å². The van der Waals surface area contributed by atoms with E-state index >= 15 is 0 Å². The predicted molar refractivity (Wildman–Crippen MR) is 103 cm³/mol. The fourth-order valence-electron chi connectivity index (χ4n) is 2.66. The summed E-state index contributed by atoms with van der Waals surface area (Å²) in [6, 6.07) is 4.52. The van der Waals surface area contributed by atoms with Gasteiger partial charge in [0.15, 0.2) is 5.75 Å². The van der Waals surface area contributed by atoms with E-state index in [1.165, 1.54) is 17.0 Å². The van der Waals surface area contributed by atoms with Crippen LogP contribution < -0.4 is 21.5 Å². The van der Waals surface area contributed by atoms with E-state index in [-0.39, 0.29) is 40.3 Å². The Labute approximate surface area is 151 Å². The van der Waals surface area contributed by atoms with Gasteiger partial charge in [0.2, 0.25) is 0 Å². The number of benzene rings is 1. The highest BCUT2D eigenvalue weighted by Gasteiger charge is 2.24. The van der Waals surface area contributed by atoms with Gasteiger partial charge in [0.1, 0.15) is 11.4 Å². The summed E-state index contributed by atoms with van der Waals surface area (Å²) in [4.78, 5) is 37.2. The zero-order valence-electron chi connectivity index (χ0n) is 15.3. The number of para-hydroxylation sites is 1. The summed E-state index contributed by atoms with van der Waals surface area (Å²) in [7, 11) is 3.15. The van der Waals surface area contributed by atoms with Crippen LogP contribution >= 0.6 is 0 Å². The molecule has 1 atom stereocenters. The van der Waals surface area contributed by atoms with Gasteiger partial charge >= 0.3 is 0 Å². The van der Waals surface area contributed by atoms with Crippen LogP contribution in [0.2, 0.25) is 0 Å². The molecule has 2 aromatic rings. The van der Waals surface area contributed by atoms with Gasteiger partial charge in [-0.2, -0.15) is 0 Å². The molecule has 3 N–H and O–H groups in total. The van der Waals surface area contributed by atoms with E-state index in [0.29, 0.717) is 6.42 Å². The normalized spacial score (nSPS) is 11.8. The van der Waals surface area contributed by atoms with E-state index in [1.54, 1.807) is 20.2 Å². The average molecular weight is 357 g/mol. The Morgan fingerprint density at radius 3 is 2.42 bits per heavy atom. The molecule has 138 valence electrons. The van der Waals surface area contributed by atoms with Gasteiger partial charge in [0.25, 0.3) is 16.8 Å². The van der Waals surface area contributed by atoms with E-state index in [2.05, 4.69) is 17.2 Å². The number of hydrogen-bond donors (Lipinski definition) is 3. The van der Waals surface area contributed by atoms with Gasteiger partial charge in [0, 0.05) is 20.1 Å². The second-order valence-corrected chi connectivity index (χ2v) is 6.64. The smallest absolute Gasteiger partial charge is 0.257 e. The number of amides is 1. The zero-order chi connectivity index (χ0) is 19.6. The molecule has 7 heteroatoms. The lowest BCUT2D eigenvalue weighted by molar-refractivity contribution is 0.0824. The van der Waals surface area contributed by atoms with E-state index < -0.39 is 10.9 Å². The van der Waals surface area contributed by atoms with Gasteiger partial charge in [-0.15, -0.1) is 6.58 Å². The average Bonchev–Trinajstić information content (AvgIpc) is 2.57. The number of phenolic OH excluding ortho intramolecular Hbond substituents is 1. The van der Waals surface area contributed by atoms with Crippen LogP contribution in [0.4, 0.5) is 17.1 Å². The first-order valence-corrected chi connectivity index (χ1v) is 8.18. The van der Waals surface area contributed by atoms with Crippen LogP contribution in [0, 0.1) is 0 Å².